The zero-order valence-electron chi connectivity index (χ0n) is 12.5. The molecule has 1 fully saturated rings. The summed E-state index contributed by atoms with van der Waals surface area (Å²) in [5.41, 5.74) is 1.26. The molecule has 0 spiro atoms. The molecule has 2 unspecified atom stereocenters. The molecule has 2 atom stereocenters. The molecule has 0 saturated heterocycles. The predicted molar refractivity (Wildman–Crippen MR) is 81.9 cm³/mol. The summed E-state index contributed by atoms with van der Waals surface area (Å²) in [7, 11) is 0. The highest BCUT2D eigenvalue weighted by atomic mass is 16.5. The largest absolute Gasteiger partial charge is 0.494 e. The molecular weight excluding hydrogens is 250 g/mol. The van der Waals surface area contributed by atoms with Crippen molar-refractivity contribution in [1.82, 2.24) is 5.32 Å². The Morgan fingerprint density at radius 1 is 1.20 bits per heavy atom. The molecular formula is C17H27NO2. The fourth-order valence-corrected chi connectivity index (χ4v) is 2.75. The molecule has 3 heteroatoms. The molecule has 0 aromatic heterocycles. The van der Waals surface area contributed by atoms with Crippen molar-refractivity contribution >= 4 is 0 Å². The lowest BCUT2D eigenvalue weighted by atomic mass is 9.86. The Hall–Kier alpha value is -1.06. The monoisotopic (exact) mass is 277 g/mol. The zero-order chi connectivity index (χ0) is 14.2. The van der Waals surface area contributed by atoms with Gasteiger partial charge < -0.3 is 15.2 Å². The molecule has 0 bridgehead atoms. The minimum absolute atomic E-state index is 0.110. The predicted octanol–water partition coefficient (Wildman–Crippen LogP) is 3.12. The van der Waals surface area contributed by atoms with Gasteiger partial charge in [-0.05, 0) is 42.9 Å². The number of rotatable bonds is 7. The molecule has 0 aliphatic heterocycles. The van der Waals surface area contributed by atoms with Crippen molar-refractivity contribution < 1.29 is 9.84 Å². The van der Waals surface area contributed by atoms with Gasteiger partial charge >= 0.3 is 0 Å². The maximum atomic E-state index is 9.93. The summed E-state index contributed by atoms with van der Waals surface area (Å²) in [5.74, 6) is 1.37. The van der Waals surface area contributed by atoms with Crippen LogP contribution in [0.2, 0.25) is 0 Å². The number of ether oxygens (including phenoxy) is 1. The molecule has 112 valence electrons. The van der Waals surface area contributed by atoms with Gasteiger partial charge in [0.05, 0.1) is 12.7 Å². The Morgan fingerprint density at radius 3 is 2.65 bits per heavy atom. The molecule has 0 amide bonds. The number of aliphatic hydroxyl groups is 1. The van der Waals surface area contributed by atoms with E-state index in [1.165, 1.54) is 18.4 Å². The van der Waals surface area contributed by atoms with Crippen molar-refractivity contribution in [2.45, 2.75) is 51.7 Å². The van der Waals surface area contributed by atoms with Crippen LogP contribution in [0.15, 0.2) is 24.3 Å². The van der Waals surface area contributed by atoms with E-state index in [0.717, 1.165) is 44.7 Å². The number of hydrogen-bond acceptors (Lipinski definition) is 3. The molecule has 20 heavy (non-hydrogen) atoms. The third kappa shape index (κ3) is 4.80. The third-order valence-corrected chi connectivity index (χ3v) is 4.00. The van der Waals surface area contributed by atoms with Crippen molar-refractivity contribution in [3.8, 4) is 5.75 Å². The summed E-state index contributed by atoms with van der Waals surface area (Å²) < 4.78 is 5.57. The fraction of sp³-hybridized carbons (Fsp3) is 0.647. The van der Waals surface area contributed by atoms with Crippen LogP contribution in [0, 0.1) is 5.92 Å². The molecule has 1 aromatic carbocycles. The number of benzene rings is 1. The van der Waals surface area contributed by atoms with Gasteiger partial charge in [0, 0.05) is 13.1 Å². The minimum Gasteiger partial charge on any atom is -0.494 e. The highest BCUT2D eigenvalue weighted by Crippen LogP contribution is 2.23. The second-order valence-corrected chi connectivity index (χ2v) is 5.74. The van der Waals surface area contributed by atoms with E-state index < -0.39 is 0 Å². The van der Waals surface area contributed by atoms with E-state index in [-0.39, 0.29) is 6.10 Å². The van der Waals surface area contributed by atoms with E-state index in [9.17, 15) is 5.11 Å². The normalized spacial score (nSPS) is 22.7. The second-order valence-electron chi connectivity index (χ2n) is 5.74. The Balaban J connectivity index is 1.70. The maximum Gasteiger partial charge on any atom is 0.119 e. The number of nitrogens with one attached hydrogen (secondary N) is 1. The van der Waals surface area contributed by atoms with E-state index >= 15 is 0 Å². The van der Waals surface area contributed by atoms with Gasteiger partial charge in [0.15, 0.2) is 0 Å². The van der Waals surface area contributed by atoms with Crippen LogP contribution >= 0.6 is 0 Å². The topological polar surface area (TPSA) is 41.5 Å². The summed E-state index contributed by atoms with van der Waals surface area (Å²) in [6.07, 6.45) is 5.48. The Morgan fingerprint density at radius 2 is 1.95 bits per heavy atom. The SMILES string of the molecule is CCCOc1ccc(CNCC2CCCCC2O)cc1. The van der Waals surface area contributed by atoms with Crippen molar-refractivity contribution in [1.29, 1.82) is 0 Å². The van der Waals surface area contributed by atoms with Crippen LogP contribution in [-0.2, 0) is 6.54 Å². The second kappa shape index (κ2) is 8.28. The van der Waals surface area contributed by atoms with Crippen LogP contribution < -0.4 is 10.1 Å². The Kier molecular flexibility index (Phi) is 6.34. The first-order chi connectivity index (χ1) is 9.79. The summed E-state index contributed by atoms with van der Waals surface area (Å²) in [6.45, 7) is 4.65. The maximum absolute atomic E-state index is 9.93. The molecule has 2 N–H and O–H groups in total. The first kappa shape index (κ1) is 15.3. The van der Waals surface area contributed by atoms with Crippen molar-refractivity contribution in [3.05, 3.63) is 29.8 Å². The smallest absolute Gasteiger partial charge is 0.119 e. The van der Waals surface area contributed by atoms with Gasteiger partial charge in [0.1, 0.15) is 5.75 Å². The summed E-state index contributed by atoms with van der Waals surface area (Å²) in [6, 6.07) is 8.27. The molecule has 1 aliphatic carbocycles. The van der Waals surface area contributed by atoms with E-state index in [0.29, 0.717) is 5.92 Å². The highest BCUT2D eigenvalue weighted by molar-refractivity contribution is 5.27. The lowest BCUT2D eigenvalue weighted by Crippen LogP contribution is -2.33. The van der Waals surface area contributed by atoms with Crippen molar-refractivity contribution in [2.75, 3.05) is 13.2 Å². The highest BCUT2D eigenvalue weighted by Gasteiger charge is 2.22. The molecule has 0 radical (unpaired) electrons. The van der Waals surface area contributed by atoms with Gasteiger partial charge in [-0.25, -0.2) is 0 Å². The molecule has 1 saturated carbocycles. The number of hydrogen-bond donors (Lipinski definition) is 2. The van der Waals surface area contributed by atoms with Crippen LogP contribution in [-0.4, -0.2) is 24.4 Å². The van der Waals surface area contributed by atoms with E-state index in [1.54, 1.807) is 0 Å². The van der Waals surface area contributed by atoms with Crippen LogP contribution in [0.4, 0.5) is 0 Å². The van der Waals surface area contributed by atoms with E-state index in [4.69, 9.17) is 4.74 Å². The van der Waals surface area contributed by atoms with Crippen molar-refractivity contribution in [2.24, 2.45) is 5.92 Å². The standard InChI is InChI=1S/C17H27NO2/c1-2-11-20-16-9-7-14(8-10-16)12-18-13-15-5-3-4-6-17(15)19/h7-10,15,17-19H,2-6,11-13H2,1H3. The summed E-state index contributed by atoms with van der Waals surface area (Å²) in [4.78, 5) is 0. The summed E-state index contributed by atoms with van der Waals surface area (Å²) in [5, 5.41) is 13.4. The Bertz CT molecular complexity index is 377. The number of aliphatic hydroxyl groups excluding tert-OH is 1. The molecule has 1 aromatic rings. The van der Waals surface area contributed by atoms with Gasteiger partial charge in [0.2, 0.25) is 0 Å². The van der Waals surface area contributed by atoms with Crippen LogP contribution in [0.25, 0.3) is 0 Å². The molecule has 0 heterocycles. The third-order valence-electron chi connectivity index (χ3n) is 4.00. The fourth-order valence-electron chi connectivity index (χ4n) is 2.75. The lowest BCUT2D eigenvalue weighted by molar-refractivity contribution is 0.0695. The van der Waals surface area contributed by atoms with Gasteiger partial charge in [-0.3, -0.25) is 0 Å². The molecule has 2 rings (SSSR count). The first-order valence-electron chi connectivity index (χ1n) is 7.90. The van der Waals surface area contributed by atoms with Crippen LogP contribution in [0.3, 0.4) is 0 Å². The lowest BCUT2D eigenvalue weighted by Gasteiger charge is -2.27. The summed E-state index contributed by atoms with van der Waals surface area (Å²) >= 11 is 0. The van der Waals surface area contributed by atoms with Crippen molar-refractivity contribution in [3.63, 3.8) is 0 Å². The van der Waals surface area contributed by atoms with Gasteiger partial charge in [0.25, 0.3) is 0 Å². The quantitative estimate of drug-likeness (QED) is 0.804. The zero-order valence-corrected chi connectivity index (χ0v) is 12.5. The van der Waals surface area contributed by atoms with Crippen LogP contribution in [0.1, 0.15) is 44.6 Å². The average Bonchev–Trinajstić information content (AvgIpc) is 2.48. The van der Waals surface area contributed by atoms with Crippen LogP contribution in [0.5, 0.6) is 5.75 Å². The molecule has 1 aliphatic rings. The van der Waals surface area contributed by atoms with E-state index in [1.807, 2.05) is 12.1 Å². The van der Waals surface area contributed by atoms with Gasteiger partial charge in [-0.15, -0.1) is 0 Å². The Labute approximate surface area is 122 Å². The molecule has 3 nitrogen and oxygen atoms in total. The minimum atomic E-state index is -0.110. The average molecular weight is 277 g/mol. The first-order valence-corrected chi connectivity index (χ1v) is 7.90. The van der Waals surface area contributed by atoms with Gasteiger partial charge in [-0.2, -0.15) is 0 Å². The van der Waals surface area contributed by atoms with Gasteiger partial charge in [-0.1, -0.05) is 31.9 Å². The van der Waals surface area contributed by atoms with E-state index in [2.05, 4.69) is 24.4 Å².